The highest BCUT2D eigenvalue weighted by Gasteiger charge is 2.19. The maximum absolute atomic E-state index is 12.6. The molecule has 3 aromatic heterocycles. The Bertz CT molecular complexity index is 1360. The second kappa shape index (κ2) is 7.65. The smallest absolute Gasteiger partial charge is 0.242 e. The Morgan fingerprint density at radius 2 is 1.70 bits per heavy atom. The molecule has 3 heterocycles. The van der Waals surface area contributed by atoms with E-state index in [1.165, 1.54) is 43.2 Å². The zero-order valence-corrected chi connectivity index (χ0v) is 17.1. The molecule has 4 aromatic rings. The molecular weight excluding hydrogens is 404 g/mol. The first kappa shape index (κ1) is 19.7. The summed E-state index contributed by atoms with van der Waals surface area (Å²) in [5.74, 6) is 0. The van der Waals surface area contributed by atoms with Crippen LogP contribution in [-0.2, 0) is 10.0 Å². The van der Waals surface area contributed by atoms with E-state index in [1.807, 2.05) is 0 Å². The third-order valence-corrected chi connectivity index (χ3v) is 6.27. The molecule has 0 fully saturated rings. The topological polar surface area (TPSA) is 103 Å². The van der Waals surface area contributed by atoms with Gasteiger partial charge in [-0.1, -0.05) is 6.07 Å². The number of nitrogens with zero attached hydrogens (tertiary/aromatic N) is 6. The minimum absolute atomic E-state index is 0.127. The first-order valence-corrected chi connectivity index (χ1v) is 10.4. The van der Waals surface area contributed by atoms with Gasteiger partial charge >= 0.3 is 0 Å². The first-order valence-electron chi connectivity index (χ1n) is 8.96. The average molecular weight is 422 g/mol. The summed E-state index contributed by atoms with van der Waals surface area (Å²) in [5, 5.41) is 8.74. The molecule has 0 bridgehead atoms. The number of hydrogen-bond acceptors (Lipinski definition) is 6. The van der Waals surface area contributed by atoms with Gasteiger partial charge < -0.3 is 0 Å². The predicted molar refractivity (Wildman–Crippen MR) is 111 cm³/mol. The molecule has 0 atom stereocenters. The van der Waals surface area contributed by atoms with Gasteiger partial charge in [-0.25, -0.2) is 22.1 Å². The van der Waals surface area contributed by atoms with Crippen molar-refractivity contribution in [2.75, 3.05) is 14.1 Å². The van der Waals surface area contributed by atoms with Gasteiger partial charge in [-0.15, -0.1) is 0 Å². The van der Waals surface area contributed by atoms with Gasteiger partial charge in [0.05, 0.1) is 28.2 Å². The summed E-state index contributed by atoms with van der Waals surface area (Å²) in [6.45, 7) is 0. The van der Waals surface area contributed by atoms with E-state index in [-0.39, 0.29) is 16.0 Å². The van der Waals surface area contributed by atoms with Gasteiger partial charge in [0.2, 0.25) is 15.5 Å². The summed E-state index contributed by atoms with van der Waals surface area (Å²) in [4.78, 5) is 16.7. The van der Waals surface area contributed by atoms with Crippen molar-refractivity contribution >= 4 is 10.0 Å². The van der Waals surface area contributed by atoms with Crippen LogP contribution in [0.2, 0.25) is 0 Å². The molecule has 4 rings (SSSR count). The number of benzene rings is 1. The van der Waals surface area contributed by atoms with E-state index in [0.717, 1.165) is 9.99 Å². The lowest BCUT2D eigenvalue weighted by molar-refractivity contribution is 0.520. The average Bonchev–Trinajstić information content (AvgIpc) is 3.24. The number of aromatic nitrogens is 5. The second-order valence-electron chi connectivity index (χ2n) is 6.59. The molecular formula is C20H18N6O3S. The molecule has 0 aliphatic heterocycles. The quantitative estimate of drug-likeness (QED) is 0.485. The number of pyridine rings is 1. The third-order valence-electron chi connectivity index (χ3n) is 4.46. The summed E-state index contributed by atoms with van der Waals surface area (Å²) in [7, 11) is -0.676. The van der Waals surface area contributed by atoms with Crippen LogP contribution in [0.15, 0.2) is 83.0 Å². The van der Waals surface area contributed by atoms with Crippen LogP contribution in [0.5, 0.6) is 0 Å². The summed E-state index contributed by atoms with van der Waals surface area (Å²) in [6.07, 6.45) is 6.38. The molecule has 0 radical (unpaired) electrons. The summed E-state index contributed by atoms with van der Waals surface area (Å²) in [5.41, 5.74) is 1.60. The van der Waals surface area contributed by atoms with Crippen molar-refractivity contribution in [2.45, 2.75) is 4.90 Å². The van der Waals surface area contributed by atoms with E-state index in [0.29, 0.717) is 11.4 Å². The maximum atomic E-state index is 12.6. The standard InChI is InChI=1S/C20H18N6O3S/c1-24(2)30(28,29)17-5-3-4-16(14-17)26-18(8-12-22-26)20-19(27)9-13-25(23-20)15-6-10-21-11-7-15/h3-14H,1-2H3. The van der Waals surface area contributed by atoms with E-state index in [4.69, 9.17) is 0 Å². The molecule has 30 heavy (non-hydrogen) atoms. The predicted octanol–water partition coefficient (Wildman–Crippen LogP) is 1.73. The fourth-order valence-electron chi connectivity index (χ4n) is 2.90. The molecule has 0 unspecified atom stereocenters. The minimum atomic E-state index is -3.61. The lowest BCUT2D eigenvalue weighted by Gasteiger charge is -2.13. The molecule has 0 N–H and O–H groups in total. The molecule has 0 saturated carbocycles. The van der Waals surface area contributed by atoms with Crippen LogP contribution in [0.4, 0.5) is 0 Å². The second-order valence-corrected chi connectivity index (χ2v) is 8.74. The Hall–Kier alpha value is -3.63. The van der Waals surface area contributed by atoms with Gasteiger partial charge in [-0.05, 0) is 36.4 Å². The van der Waals surface area contributed by atoms with Gasteiger partial charge in [0, 0.05) is 38.8 Å². The number of hydrogen-bond donors (Lipinski definition) is 0. The molecule has 0 aliphatic rings. The molecule has 0 amide bonds. The summed E-state index contributed by atoms with van der Waals surface area (Å²) in [6, 6.07) is 13.0. The van der Waals surface area contributed by atoms with Gasteiger partial charge in [-0.2, -0.15) is 10.2 Å². The lowest BCUT2D eigenvalue weighted by Crippen LogP contribution is -2.22. The largest absolute Gasteiger partial charge is 0.287 e. The Labute approximate surface area is 172 Å². The zero-order chi connectivity index (χ0) is 21.3. The highest BCUT2D eigenvalue weighted by atomic mass is 32.2. The van der Waals surface area contributed by atoms with Crippen LogP contribution in [0, 0.1) is 0 Å². The van der Waals surface area contributed by atoms with Crippen LogP contribution in [0.3, 0.4) is 0 Å². The molecule has 152 valence electrons. The van der Waals surface area contributed by atoms with Crippen molar-refractivity contribution in [1.82, 2.24) is 28.9 Å². The van der Waals surface area contributed by atoms with E-state index < -0.39 is 10.0 Å². The Kier molecular flexibility index (Phi) is 5.02. The maximum Gasteiger partial charge on any atom is 0.242 e. The van der Waals surface area contributed by atoms with Crippen molar-refractivity contribution < 1.29 is 8.42 Å². The lowest BCUT2D eigenvalue weighted by atomic mass is 10.2. The summed E-state index contributed by atoms with van der Waals surface area (Å²) < 4.78 is 29.2. The molecule has 0 spiro atoms. The molecule has 1 aromatic carbocycles. The normalized spacial score (nSPS) is 11.7. The van der Waals surface area contributed by atoms with Crippen LogP contribution in [-0.4, -0.2) is 51.4 Å². The monoisotopic (exact) mass is 422 g/mol. The van der Waals surface area contributed by atoms with Crippen molar-refractivity contribution in [3.05, 3.63) is 83.5 Å². The van der Waals surface area contributed by atoms with Crippen molar-refractivity contribution in [1.29, 1.82) is 0 Å². The number of rotatable bonds is 5. The summed E-state index contributed by atoms with van der Waals surface area (Å²) >= 11 is 0. The van der Waals surface area contributed by atoms with E-state index in [2.05, 4.69) is 15.2 Å². The van der Waals surface area contributed by atoms with Gasteiger partial charge in [0.25, 0.3) is 0 Å². The Morgan fingerprint density at radius 1 is 0.933 bits per heavy atom. The van der Waals surface area contributed by atoms with Gasteiger partial charge in [0.15, 0.2) is 5.69 Å². The SMILES string of the molecule is CN(C)S(=O)(=O)c1cccc(-n2nccc2-c2nn(-c3ccncc3)ccc2=O)c1. The van der Waals surface area contributed by atoms with Crippen molar-refractivity contribution in [3.63, 3.8) is 0 Å². The van der Waals surface area contributed by atoms with E-state index in [9.17, 15) is 13.2 Å². The Balaban J connectivity index is 1.84. The van der Waals surface area contributed by atoms with E-state index >= 15 is 0 Å². The van der Waals surface area contributed by atoms with Crippen LogP contribution in [0.1, 0.15) is 0 Å². The molecule has 0 aliphatic carbocycles. The number of sulfonamides is 1. The van der Waals surface area contributed by atoms with Gasteiger partial charge in [-0.3, -0.25) is 9.78 Å². The van der Waals surface area contributed by atoms with Gasteiger partial charge in [0.1, 0.15) is 0 Å². The first-order chi connectivity index (χ1) is 14.4. The molecule has 0 saturated heterocycles. The van der Waals surface area contributed by atoms with Crippen molar-refractivity contribution in [2.24, 2.45) is 0 Å². The van der Waals surface area contributed by atoms with Crippen LogP contribution >= 0.6 is 0 Å². The molecule has 9 nitrogen and oxygen atoms in total. The molecule has 10 heteroatoms. The Morgan fingerprint density at radius 3 is 2.43 bits per heavy atom. The minimum Gasteiger partial charge on any atom is -0.287 e. The third kappa shape index (κ3) is 3.53. The van der Waals surface area contributed by atoms with E-state index in [1.54, 1.807) is 53.6 Å². The fraction of sp³-hybridized carbons (Fsp3) is 0.100. The zero-order valence-electron chi connectivity index (χ0n) is 16.2. The van der Waals surface area contributed by atoms with Crippen LogP contribution < -0.4 is 5.43 Å². The fourth-order valence-corrected chi connectivity index (χ4v) is 3.84. The van der Waals surface area contributed by atoms with Crippen LogP contribution in [0.25, 0.3) is 22.8 Å². The highest BCUT2D eigenvalue weighted by Crippen LogP contribution is 2.22. The van der Waals surface area contributed by atoms with Crippen molar-refractivity contribution in [3.8, 4) is 22.8 Å². The highest BCUT2D eigenvalue weighted by molar-refractivity contribution is 7.89.